The molecule has 0 radical (unpaired) electrons. The average molecular weight is 459 g/mol. The van der Waals surface area contributed by atoms with Crippen molar-refractivity contribution >= 4 is 0 Å². The normalized spacial score (nSPS) is 14.2. The summed E-state index contributed by atoms with van der Waals surface area (Å²) in [6, 6.07) is 40.2. The highest BCUT2D eigenvalue weighted by atomic mass is 15.0. The third-order valence-corrected chi connectivity index (χ3v) is 7.75. The molecule has 7 rings (SSSR count). The van der Waals surface area contributed by atoms with Gasteiger partial charge >= 0.3 is 0 Å². The first kappa shape index (κ1) is 20.4. The van der Waals surface area contributed by atoms with E-state index in [0.717, 1.165) is 22.3 Å². The summed E-state index contributed by atoms with van der Waals surface area (Å²) in [5.41, 5.74) is 9.90. The topological polar surface area (TPSA) is 51.5 Å². The van der Waals surface area contributed by atoms with Crippen molar-refractivity contribution < 1.29 is 4.57 Å². The van der Waals surface area contributed by atoms with E-state index in [1.807, 2.05) is 30.3 Å². The fourth-order valence-electron chi connectivity index (χ4n) is 6.42. The number of aromatic nitrogens is 1. The molecule has 0 saturated carbocycles. The Morgan fingerprint density at radius 3 is 1.56 bits per heavy atom. The lowest BCUT2D eigenvalue weighted by Gasteiger charge is -2.41. The largest absolute Gasteiger partial charge is 0.209 e. The van der Waals surface area contributed by atoms with Gasteiger partial charge in [0.25, 0.3) is 0 Å². The molecule has 36 heavy (non-hydrogen) atoms. The van der Waals surface area contributed by atoms with Crippen LogP contribution in [0.3, 0.4) is 0 Å². The molecule has 4 aromatic carbocycles. The van der Waals surface area contributed by atoms with Crippen LogP contribution in [0.5, 0.6) is 0 Å². The van der Waals surface area contributed by atoms with Gasteiger partial charge in [-0.2, -0.15) is 15.1 Å². The molecule has 2 aliphatic carbocycles. The number of benzene rings is 4. The predicted octanol–water partition coefficient (Wildman–Crippen LogP) is 6.03. The molecule has 1 aromatic heterocycles. The van der Waals surface area contributed by atoms with E-state index in [9.17, 15) is 10.5 Å². The van der Waals surface area contributed by atoms with E-state index in [2.05, 4.69) is 102 Å². The van der Waals surface area contributed by atoms with Gasteiger partial charge in [0.1, 0.15) is 0 Å². The summed E-state index contributed by atoms with van der Waals surface area (Å²) in [4.78, 5) is 0. The zero-order chi connectivity index (χ0) is 24.3. The molecule has 0 N–H and O–H groups in total. The van der Waals surface area contributed by atoms with Crippen LogP contribution >= 0.6 is 0 Å². The van der Waals surface area contributed by atoms with Crippen LogP contribution in [0.15, 0.2) is 116 Å². The number of hydrogen-bond acceptors (Lipinski definition) is 2. The summed E-state index contributed by atoms with van der Waals surface area (Å²) in [5.74, 6) is 0. The highest BCUT2D eigenvalue weighted by molar-refractivity contribution is 5.88. The molecule has 5 aromatic rings. The van der Waals surface area contributed by atoms with Crippen molar-refractivity contribution in [3.05, 3.63) is 160 Å². The molecule has 0 aliphatic heterocycles. The Morgan fingerprint density at radius 1 is 0.556 bits per heavy atom. The lowest BCUT2D eigenvalue weighted by atomic mass is 9.60. The van der Waals surface area contributed by atoms with Gasteiger partial charge in [-0.05, 0) is 57.6 Å². The first-order valence-corrected chi connectivity index (χ1v) is 12.0. The van der Waals surface area contributed by atoms with Crippen LogP contribution in [0.1, 0.15) is 50.5 Å². The van der Waals surface area contributed by atoms with Crippen LogP contribution in [-0.2, 0) is 5.41 Å². The number of hydrogen-bond donors (Lipinski definition) is 0. The van der Waals surface area contributed by atoms with Crippen molar-refractivity contribution in [2.45, 2.75) is 11.5 Å². The van der Waals surface area contributed by atoms with Gasteiger partial charge in [0, 0.05) is 23.3 Å². The SMILES string of the molecule is N#Cc1ccc2c(c1)C1(c3cc(C#N)ccc3-2)c2ccccc2C([n+]2ccccc2)c2ccccc21. The first-order valence-electron chi connectivity index (χ1n) is 12.0. The molecule has 3 heteroatoms. The van der Waals surface area contributed by atoms with E-state index in [-0.39, 0.29) is 6.04 Å². The van der Waals surface area contributed by atoms with E-state index in [1.54, 1.807) is 0 Å². The van der Waals surface area contributed by atoms with Crippen LogP contribution in [0, 0.1) is 22.7 Å². The van der Waals surface area contributed by atoms with Gasteiger partial charge in [0.05, 0.1) is 28.7 Å². The highest BCUT2D eigenvalue weighted by Gasteiger charge is 2.53. The lowest BCUT2D eigenvalue weighted by molar-refractivity contribution is -0.705. The van der Waals surface area contributed by atoms with Crippen molar-refractivity contribution in [3.63, 3.8) is 0 Å². The predicted molar refractivity (Wildman–Crippen MR) is 137 cm³/mol. The standard InChI is InChI=1S/C33H20N3/c34-20-22-12-14-24-25-15-13-23(21-35)19-31(25)33(30(24)18-22)28-10-4-2-8-26(28)32(36-16-6-1-7-17-36)27-9-3-5-11-29(27)33/h1-19,32H/q+1. The summed E-state index contributed by atoms with van der Waals surface area (Å²) in [5, 5.41) is 19.7. The molecule has 0 saturated heterocycles. The average Bonchev–Trinajstić information content (AvgIpc) is 3.23. The summed E-state index contributed by atoms with van der Waals surface area (Å²) in [7, 11) is 0. The molecule has 0 amide bonds. The Hall–Kier alpha value is -4.99. The van der Waals surface area contributed by atoms with Crippen molar-refractivity contribution in [3.8, 4) is 23.3 Å². The summed E-state index contributed by atoms with van der Waals surface area (Å²) < 4.78 is 2.26. The molecular formula is C33H20N3+. The highest BCUT2D eigenvalue weighted by Crippen LogP contribution is 2.60. The first-order chi connectivity index (χ1) is 17.8. The molecule has 0 atom stereocenters. The van der Waals surface area contributed by atoms with Crippen molar-refractivity contribution in [1.82, 2.24) is 0 Å². The van der Waals surface area contributed by atoms with Gasteiger partial charge in [-0.25, -0.2) is 0 Å². The van der Waals surface area contributed by atoms with Gasteiger partial charge in [0.2, 0.25) is 6.04 Å². The lowest BCUT2D eigenvalue weighted by Crippen LogP contribution is -2.46. The minimum absolute atomic E-state index is 0.00928. The van der Waals surface area contributed by atoms with Gasteiger partial charge in [-0.15, -0.1) is 0 Å². The molecular weight excluding hydrogens is 438 g/mol. The fraction of sp³-hybridized carbons (Fsp3) is 0.0606. The number of nitrogens with zero attached hydrogens (tertiary/aromatic N) is 3. The number of fused-ring (bicyclic) bond motifs is 9. The Balaban J connectivity index is 1.68. The van der Waals surface area contributed by atoms with Crippen LogP contribution in [0.4, 0.5) is 0 Å². The zero-order valence-electron chi connectivity index (χ0n) is 19.4. The van der Waals surface area contributed by atoms with E-state index < -0.39 is 5.41 Å². The summed E-state index contributed by atoms with van der Waals surface area (Å²) in [6.45, 7) is 0. The Labute approximate surface area is 209 Å². The van der Waals surface area contributed by atoms with Crippen molar-refractivity contribution in [2.75, 3.05) is 0 Å². The third-order valence-electron chi connectivity index (χ3n) is 7.75. The Bertz CT molecular complexity index is 1660. The molecule has 0 fully saturated rings. The molecule has 0 unspecified atom stereocenters. The maximum atomic E-state index is 9.84. The quantitative estimate of drug-likeness (QED) is 0.282. The third kappa shape index (κ3) is 2.52. The second-order valence-corrected chi connectivity index (χ2v) is 9.39. The van der Waals surface area contributed by atoms with Gasteiger partial charge < -0.3 is 0 Å². The molecule has 2 aliphatic rings. The second kappa shape index (κ2) is 7.51. The minimum Gasteiger partial charge on any atom is -0.194 e. The van der Waals surface area contributed by atoms with Gasteiger partial charge in [-0.1, -0.05) is 66.7 Å². The number of nitriles is 2. The molecule has 0 bridgehead atoms. The monoisotopic (exact) mass is 458 g/mol. The smallest absolute Gasteiger partial charge is 0.194 e. The van der Waals surface area contributed by atoms with Crippen molar-refractivity contribution in [2.24, 2.45) is 0 Å². The number of pyridine rings is 1. The summed E-state index contributed by atoms with van der Waals surface area (Å²) >= 11 is 0. The maximum Gasteiger partial charge on any atom is 0.209 e. The zero-order valence-corrected chi connectivity index (χ0v) is 19.4. The molecule has 166 valence electrons. The Kier molecular flexibility index (Phi) is 4.25. The maximum absolute atomic E-state index is 9.84. The van der Waals surface area contributed by atoms with Crippen LogP contribution in [-0.4, -0.2) is 0 Å². The van der Waals surface area contributed by atoms with E-state index in [4.69, 9.17) is 0 Å². The minimum atomic E-state index is -0.622. The molecule has 1 heterocycles. The van der Waals surface area contributed by atoms with E-state index in [1.165, 1.54) is 22.3 Å². The van der Waals surface area contributed by atoms with Gasteiger partial charge in [-0.3, -0.25) is 0 Å². The van der Waals surface area contributed by atoms with E-state index in [0.29, 0.717) is 11.1 Å². The van der Waals surface area contributed by atoms with Crippen LogP contribution in [0.25, 0.3) is 11.1 Å². The van der Waals surface area contributed by atoms with E-state index >= 15 is 0 Å². The van der Waals surface area contributed by atoms with Gasteiger partial charge in [0.15, 0.2) is 12.4 Å². The summed E-state index contributed by atoms with van der Waals surface area (Å²) in [6.07, 6.45) is 4.24. The van der Waals surface area contributed by atoms with Crippen LogP contribution in [0.2, 0.25) is 0 Å². The second-order valence-electron chi connectivity index (χ2n) is 9.39. The van der Waals surface area contributed by atoms with Crippen LogP contribution < -0.4 is 4.57 Å². The fourth-order valence-corrected chi connectivity index (χ4v) is 6.42. The molecule has 3 nitrogen and oxygen atoms in total. The molecule has 1 spiro atoms. The number of rotatable bonds is 1. The van der Waals surface area contributed by atoms with Crippen molar-refractivity contribution in [1.29, 1.82) is 10.5 Å². The Morgan fingerprint density at radius 2 is 1.06 bits per heavy atom.